The van der Waals surface area contributed by atoms with Gasteiger partial charge in [-0.2, -0.15) is 0 Å². The number of fused-ring (bicyclic) bond motifs is 10. The van der Waals surface area contributed by atoms with E-state index in [1.807, 2.05) is 6.07 Å². The molecular weight excluding hydrogens is 617 g/mol. The number of aromatic nitrogens is 2. The molecule has 240 valence electrons. The molecule has 0 saturated heterocycles. The average Bonchev–Trinajstić information content (AvgIpc) is 3.66. The fraction of sp³-hybridized carbons (Fsp3) is 0.0612. The van der Waals surface area contributed by atoms with E-state index in [0.29, 0.717) is 0 Å². The molecule has 0 fully saturated rings. The summed E-state index contributed by atoms with van der Waals surface area (Å²) >= 11 is 0. The van der Waals surface area contributed by atoms with E-state index in [9.17, 15) is 0 Å². The summed E-state index contributed by atoms with van der Waals surface area (Å²) in [5.74, 6) is 0.744. The molecule has 1 unspecified atom stereocenters. The van der Waals surface area contributed by atoms with Crippen molar-refractivity contribution in [2.75, 3.05) is 0 Å². The van der Waals surface area contributed by atoms with Crippen LogP contribution in [0.3, 0.4) is 0 Å². The Hall–Kier alpha value is -6.38. The van der Waals surface area contributed by atoms with E-state index in [0.717, 1.165) is 34.8 Å². The summed E-state index contributed by atoms with van der Waals surface area (Å²) in [6.07, 6.45) is 0.827. The maximum absolute atomic E-state index is 5.47. The van der Waals surface area contributed by atoms with Crippen molar-refractivity contribution in [3.05, 3.63) is 215 Å². The number of hydrogen-bond acceptors (Lipinski definition) is 2. The maximum atomic E-state index is 5.47. The van der Waals surface area contributed by atoms with Crippen LogP contribution in [0, 0.1) is 6.92 Å². The number of benzene rings is 7. The molecule has 0 N–H and O–H groups in total. The van der Waals surface area contributed by atoms with Crippen LogP contribution in [-0.4, -0.2) is 9.97 Å². The minimum absolute atomic E-state index is 0.580. The second kappa shape index (κ2) is 11.6. The van der Waals surface area contributed by atoms with Crippen LogP contribution in [0.1, 0.15) is 38.9 Å². The third-order valence-electron chi connectivity index (χ3n) is 10.9. The molecule has 1 aromatic heterocycles. The molecule has 0 radical (unpaired) electrons. The van der Waals surface area contributed by atoms with Crippen molar-refractivity contribution in [2.45, 2.75) is 18.8 Å². The van der Waals surface area contributed by atoms with Crippen LogP contribution in [0.4, 0.5) is 0 Å². The molecule has 0 saturated carbocycles. The summed E-state index contributed by atoms with van der Waals surface area (Å²) in [4.78, 5) is 10.9. The zero-order valence-corrected chi connectivity index (χ0v) is 28.3. The fourth-order valence-electron chi connectivity index (χ4n) is 8.71. The molecule has 10 rings (SSSR count). The van der Waals surface area contributed by atoms with E-state index >= 15 is 0 Å². The van der Waals surface area contributed by atoms with Gasteiger partial charge in [0.2, 0.25) is 0 Å². The minimum atomic E-state index is -0.580. The molecule has 2 aliphatic rings. The number of aryl methyl sites for hydroxylation is 1. The van der Waals surface area contributed by atoms with Crippen LogP contribution in [0.5, 0.6) is 0 Å². The zero-order chi connectivity index (χ0) is 33.9. The van der Waals surface area contributed by atoms with Gasteiger partial charge in [-0.1, -0.05) is 176 Å². The third-order valence-corrected chi connectivity index (χ3v) is 10.9. The van der Waals surface area contributed by atoms with Gasteiger partial charge in [-0.05, 0) is 69.0 Å². The van der Waals surface area contributed by atoms with Crippen LogP contribution in [0.2, 0.25) is 0 Å². The smallest absolute Gasteiger partial charge is 0.160 e. The van der Waals surface area contributed by atoms with E-state index < -0.39 is 5.41 Å². The van der Waals surface area contributed by atoms with E-state index in [4.69, 9.17) is 9.97 Å². The number of nitrogens with zero attached hydrogens (tertiary/aromatic N) is 2. The molecule has 2 aliphatic carbocycles. The largest absolute Gasteiger partial charge is 0.228 e. The average molecular weight is 651 g/mol. The molecule has 2 heteroatoms. The first-order valence-corrected chi connectivity index (χ1v) is 17.7. The molecular formula is C49H34N2. The fourth-order valence-corrected chi connectivity index (χ4v) is 8.71. The molecule has 0 bridgehead atoms. The van der Waals surface area contributed by atoms with Gasteiger partial charge in [0, 0.05) is 22.3 Å². The van der Waals surface area contributed by atoms with Gasteiger partial charge in [0.05, 0.1) is 16.8 Å². The second-order valence-corrected chi connectivity index (χ2v) is 13.7. The summed E-state index contributed by atoms with van der Waals surface area (Å²) in [5.41, 5.74) is 18.7. The Morgan fingerprint density at radius 2 is 0.980 bits per heavy atom. The van der Waals surface area contributed by atoms with Gasteiger partial charge in [-0.3, -0.25) is 0 Å². The van der Waals surface area contributed by atoms with E-state index in [1.54, 1.807) is 0 Å². The quantitative estimate of drug-likeness (QED) is 0.185. The molecule has 8 aromatic rings. The Kier molecular flexibility index (Phi) is 6.72. The molecule has 1 atom stereocenters. The number of rotatable bonds is 5. The lowest BCUT2D eigenvalue weighted by molar-refractivity contribution is 0.786. The minimum Gasteiger partial charge on any atom is -0.228 e. The third kappa shape index (κ3) is 4.43. The normalized spacial score (nSPS) is 14.9. The highest BCUT2D eigenvalue weighted by molar-refractivity contribution is 5.97. The molecule has 0 aliphatic heterocycles. The van der Waals surface area contributed by atoms with E-state index in [2.05, 4.69) is 177 Å². The van der Waals surface area contributed by atoms with Crippen LogP contribution in [0.15, 0.2) is 176 Å². The Balaban J connectivity index is 1.25. The lowest BCUT2D eigenvalue weighted by Gasteiger charge is -2.32. The van der Waals surface area contributed by atoms with Crippen LogP contribution in [0.25, 0.3) is 56.2 Å². The van der Waals surface area contributed by atoms with Gasteiger partial charge in [0.15, 0.2) is 5.82 Å². The van der Waals surface area contributed by atoms with Gasteiger partial charge in [-0.15, -0.1) is 0 Å². The van der Waals surface area contributed by atoms with Gasteiger partial charge < -0.3 is 0 Å². The first-order valence-electron chi connectivity index (χ1n) is 17.7. The first kappa shape index (κ1) is 29.5. The predicted molar refractivity (Wildman–Crippen MR) is 209 cm³/mol. The molecule has 51 heavy (non-hydrogen) atoms. The standard InChI is InChI=1S/C49H34N2/c1-32-16-8-10-22-37(32)38-23-11-9-21-36(38)30-33-28-29-40-39-24-12-14-26-42(39)49(44(40)31-33)43-27-15-13-25-41(43)47-45(49)46(34-17-4-2-5-18-34)50-48(51-47)35-19-6-3-7-20-35/h2-29,31H,30H2,1H3. The van der Waals surface area contributed by atoms with Crippen molar-refractivity contribution in [1.82, 2.24) is 9.97 Å². The second-order valence-electron chi connectivity index (χ2n) is 13.7. The summed E-state index contributed by atoms with van der Waals surface area (Å²) in [6.45, 7) is 2.20. The van der Waals surface area contributed by atoms with Crippen molar-refractivity contribution in [1.29, 1.82) is 0 Å². The van der Waals surface area contributed by atoms with Gasteiger partial charge >= 0.3 is 0 Å². The highest BCUT2D eigenvalue weighted by Gasteiger charge is 2.54. The Labute approximate surface area is 298 Å². The Morgan fingerprint density at radius 3 is 1.73 bits per heavy atom. The van der Waals surface area contributed by atoms with Crippen molar-refractivity contribution in [3.63, 3.8) is 0 Å². The zero-order valence-electron chi connectivity index (χ0n) is 28.3. The summed E-state index contributed by atoms with van der Waals surface area (Å²) in [5, 5.41) is 0. The highest BCUT2D eigenvalue weighted by Crippen LogP contribution is 2.64. The summed E-state index contributed by atoms with van der Waals surface area (Å²) in [6, 6.07) is 63.7. The number of hydrogen-bond donors (Lipinski definition) is 0. The van der Waals surface area contributed by atoms with Gasteiger partial charge in [0.25, 0.3) is 0 Å². The maximum Gasteiger partial charge on any atom is 0.160 e. The van der Waals surface area contributed by atoms with Gasteiger partial charge in [-0.25, -0.2) is 9.97 Å². The molecule has 0 amide bonds. The highest BCUT2D eigenvalue weighted by atomic mass is 14.9. The van der Waals surface area contributed by atoms with Crippen LogP contribution < -0.4 is 0 Å². The van der Waals surface area contributed by atoms with Crippen molar-refractivity contribution < 1.29 is 0 Å². The molecule has 1 spiro atoms. The van der Waals surface area contributed by atoms with Crippen LogP contribution in [-0.2, 0) is 11.8 Å². The molecule has 7 aromatic carbocycles. The van der Waals surface area contributed by atoms with E-state index in [-0.39, 0.29) is 0 Å². The topological polar surface area (TPSA) is 25.8 Å². The van der Waals surface area contributed by atoms with Crippen LogP contribution >= 0.6 is 0 Å². The SMILES string of the molecule is Cc1ccccc1-c1ccccc1Cc1ccc2c(c1)C1(c3ccccc3-2)c2ccccc2-c2nc(-c3ccccc3)nc(-c3ccccc3)c21. The lowest BCUT2D eigenvalue weighted by Crippen LogP contribution is -2.27. The van der Waals surface area contributed by atoms with Crippen molar-refractivity contribution >= 4 is 0 Å². The Bertz CT molecular complexity index is 2620. The monoisotopic (exact) mass is 650 g/mol. The molecule has 1 heterocycles. The Morgan fingerprint density at radius 1 is 0.431 bits per heavy atom. The van der Waals surface area contributed by atoms with Gasteiger partial charge in [0.1, 0.15) is 0 Å². The summed E-state index contributed by atoms with van der Waals surface area (Å²) in [7, 11) is 0. The van der Waals surface area contributed by atoms with Crippen molar-refractivity contribution in [3.8, 4) is 56.2 Å². The lowest BCUT2D eigenvalue weighted by atomic mass is 9.69. The van der Waals surface area contributed by atoms with Crippen molar-refractivity contribution in [2.24, 2.45) is 0 Å². The predicted octanol–water partition coefficient (Wildman–Crippen LogP) is 11.7. The van der Waals surface area contributed by atoms with E-state index in [1.165, 1.54) is 66.8 Å². The first-order chi connectivity index (χ1) is 25.2. The summed E-state index contributed by atoms with van der Waals surface area (Å²) < 4.78 is 0. The molecule has 2 nitrogen and oxygen atoms in total.